The van der Waals surface area contributed by atoms with Gasteiger partial charge in [0, 0.05) is 22.6 Å². The number of hydrogen-bond donors (Lipinski definition) is 0. The first-order chi connectivity index (χ1) is 9.20. The molecule has 0 fully saturated rings. The van der Waals surface area contributed by atoms with Crippen LogP contribution in [0.1, 0.15) is 29.3 Å². The first-order valence-corrected chi connectivity index (χ1v) is 6.58. The van der Waals surface area contributed by atoms with Crippen LogP contribution in [0.5, 0.6) is 5.75 Å². The van der Waals surface area contributed by atoms with Crippen LogP contribution in [0.2, 0.25) is 5.02 Å². The summed E-state index contributed by atoms with van der Waals surface area (Å²) in [5.74, 6) is 0.794. The third-order valence-electron chi connectivity index (χ3n) is 2.83. The molecule has 0 amide bonds. The van der Waals surface area contributed by atoms with Gasteiger partial charge in [0.05, 0.1) is 0 Å². The molecule has 0 heterocycles. The fourth-order valence-corrected chi connectivity index (χ4v) is 1.93. The Kier molecular flexibility index (Phi) is 4.58. The molecular weight excluding hydrogens is 260 g/mol. The van der Waals surface area contributed by atoms with Crippen molar-refractivity contribution in [1.29, 1.82) is 0 Å². The van der Waals surface area contributed by atoms with Crippen LogP contribution in [-0.2, 0) is 6.61 Å². The third kappa shape index (κ3) is 3.58. The number of Topliss-reactive ketones (excluding diaryl/α,β-unsaturated/α-hetero) is 1. The minimum absolute atomic E-state index is 0.114. The van der Waals surface area contributed by atoms with Crippen LogP contribution in [0.25, 0.3) is 0 Å². The summed E-state index contributed by atoms with van der Waals surface area (Å²) in [5.41, 5.74) is 1.61. The highest BCUT2D eigenvalue weighted by Crippen LogP contribution is 2.19. The Morgan fingerprint density at radius 3 is 2.68 bits per heavy atom. The highest BCUT2D eigenvalue weighted by molar-refractivity contribution is 6.31. The Morgan fingerprint density at radius 1 is 1.16 bits per heavy atom. The van der Waals surface area contributed by atoms with Gasteiger partial charge in [-0.15, -0.1) is 0 Å². The standard InChI is InChI=1S/C16H15ClO2/c1-2-16(18)12-7-5-8-14(10-12)19-11-13-6-3-4-9-15(13)17/h3-10H,2,11H2,1H3. The van der Waals surface area contributed by atoms with Crippen molar-refractivity contribution in [2.75, 3.05) is 0 Å². The van der Waals surface area contributed by atoms with Gasteiger partial charge >= 0.3 is 0 Å². The summed E-state index contributed by atoms with van der Waals surface area (Å²) >= 11 is 6.06. The van der Waals surface area contributed by atoms with Gasteiger partial charge in [-0.05, 0) is 18.2 Å². The largest absolute Gasteiger partial charge is 0.489 e. The van der Waals surface area contributed by atoms with Gasteiger partial charge in [-0.25, -0.2) is 0 Å². The average molecular weight is 275 g/mol. The van der Waals surface area contributed by atoms with Gasteiger partial charge in [0.2, 0.25) is 0 Å². The smallest absolute Gasteiger partial charge is 0.162 e. The molecule has 0 radical (unpaired) electrons. The van der Waals surface area contributed by atoms with Crippen LogP contribution in [0.4, 0.5) is 0 Å². The van der Waals surface area contributed by atoms with Crippen LogP contribution < -0.4 is 4.74 Å². The topological polar surface area (TPSA) is 26.3 Å². The number of halogens is 1. The predicted molar refractivity (Wildman–Crippen MR) is 76.8 cm³/mol. The van der Waals surface area contributed by atoms with Gasteiger partial charge in [-0.3, -0.25) is 4.79 Å². The van der Waals surface area contributed by atoms with Crippen molar-refractivity contribution in [2.45, 2.75) is 20.0 Å². The normalized spacial score (nSPS) is 10.2. The summed E-state index contributed by atoms with van der Waals surface area (Å²) in [6.45, 7) is 2.24. The van der Waals surface area contributed by atoms with Crippen molar-refractivity contribution in [3.63, 3.8) is 0 Å². The molecule has 0 aromatic heterocycles. The molecule has 2 rings (SSSR count). The Hall–Kier alpha value is -1.80. The maximum absolute atomic E-state index is 11.6. The van der Waals surface area contributed by atoms with E-state index in [1.807, 2.05) is 43.3 Å². The molecule has 0 aliphatic heterocycles. The molecule has 0 saturated carbocycles. The molecule has 0 N–H and O–H groups in total. The number of benzene rings is 2. The number of ether oxygens (including phenoxy) is 1. The molecule has 98 valence electrons. The molecule has 0 atom stereocenters. The Balaban J connectivity index is 2.08. The maximum atomic E-state index is 11.6. The van der Waals surface area contributed by atoms with Crippen molar-refractivity contribution >= 4 is 17.4 Å². The summed E-state index contributed by atoms with van der Waals surface area (Å²) in [6.07, 6.45) is 0.494. The second kappa shape index (κ2) is 6.39. The van der Waals surface area contributed by atoms with Gasteiger partial charge < -0.3 is 4.74 Å². The molecular formula is C16H15ClO2. The van der Waals surface area contributed by atoms with Crippen molar-refractivity contribution in [2.24, 2.45) is 0 Å². The van der Waals surface area contributed by atoms with Crippen LogP contribution in [0, 0.1) is 0 Å². The van der Waals surface area contributed by atoms with E-state index in [9.17, 15) is 4.79 Å². The van der Waals surface area contributed by atoms with E-state index < -0.39 is 0 Å². The lowest BCUT2D eigenvalue weighted by molar-refractivity contribution is 0.0987. The Bertz CT molecular complexity index is 578. The first-order valence-electron chi connectivity index (χ1n) is 6.20. The lowest BCUT2D eigenvalue weighted by Gasteiger charge is -2.08. The highest BCUT2D eigenvalue weighted by Gasteiger charge is 2.05. The van der Waals surface area contributed by atoms with E-state index in [0.717, 1.165) is 5.56 Å². The molecule has 0 spiro atoms. The average Bonchev–Trinajstić information content (AvgIpc) is 2.46. The molecule has 0 saturated heterocycles. The number of ketones is 1. The second-order valence-electron chi connectivity index (χ2n) is 4.18. The number of carbonyl (C=O) groups excluding carboxylic acids is 1. The lowest BCUT2D eigenvalue weighted by atomic mass is 10.1. The zero-order valence-corrected chi connectivity index (χ0v) is 11.5. The monoisotopic (exact) mass is 274 g/mol. The summed E-state index contributed by atoms with van der Waals surface area (Å²) in [4.78, 5) is 11.6. The Morgan fingerprint density at radius 2 is 1.95 bits per heavy atom. The van der Waals surface area contributed by atoms with Gasteiger partial charge in [-0.2, -0.15) is 0 Å². The minimum atomic E-state index is 0.114. The number of carbonyl (C=O) groups is 1. The zero-order chi connectivity index (χ0) is 13.7. The summed E-state index contributed by atoms with van der Waals surface area (Å²) in [7, 11) is 0. The highest BCUT2D eigenvalue weighted by atomic mass is 35.5. The maximum Gasteiger partial charge on any atom is 0.162 e. The molecule has 2 nitrogen and oxygen atoms in total. The van der Waals surface area contributed by atoms with E-state index in [1.165, 1.54) is 0 Å². The van der Waals surface area contributed by atoms with Crippen LogP contribution in [0.15, 0.2) is 48.5 Å². The van der Waals surface area contributed by atoms with E-state index in [-0.39, 0.29) is 5.78 Å². The van der Waals surface area contributed by atoms with Gasteiger partial charge in [0.1, 0.15) is 12.4 Å². The van der Waals surface area contributed by atoms with E-state index in [0.29, 0.717) is 29.4 Å². The van der Waals surface area contributed by atoms with Crippen molar-refractivity contribution in [1.82, 2.24) is 0 Å². The predicted octanol–water partition coefficient (Wildman–Crippen LogP) is 4.51. The van der Waals surface area contributed by atoms with E-state index >= 15 is 0 Å². The molecule has 3 heteroatoms. The van der Waals surface area contributed by atoms with Crippen LogP contribution in [-0.4, -0.2) is 5.78 Å². The van der Waals surface area contributed by atoms with E-state index in [2.05, 4.69) is 0 Å². The van der Waals surface area contributed by atoms with Crippen LogP contribution >= 0.6 is 11.6 Å². The number of hydrogen-bond acceptors (Lipinski definition) is 2. The molecule has 2 aromatic carbocycles. The quantitative estimate of drug-likeness (QED) is 0.750. The van der Waals surface area contributed by atoms with Crippen molar-refractivity contribution in [3.05, 3.63) is 64.7 Å². The summed E-state index contributed by atoms with van der Waals surface area (Å²) < 4.78 is 5.67. The van der Waals surface area contributed by atoms with Gasteiger partial charge in [0.25, 0.3) is 0 Å². The minimum Gasteiger partial charge on any atom is -0.489 e. The second-order valence-corrected chi connectivity index (χ2v) is 4.59. The van der Waals surface area contributed by atoms with Gasteiger partial charge in [-0.1, -0.05) is 48.9 Å². The molecule has 0 aliphatic carbocycles. The van der Waals surface area contributed by atoms with E-state index in [1.54, 1.807) is 12.1 Å². The fraction of sp³-hybridized carbons (Fsp3) is 0.188. The van der Waals surface area contributed by atoms with Crippen molar-refractivity contribution < 1.29 is 9.53 Å². The molecule has 19 heavy (non-hydrogen) atoms. The first kappa shape index (κ1) is 13.6. The summed E-state index contributed by atoms with van der Waals surface area (Å²) in [5, 5.41) is 0.684. The molecule has 2 aromatic rings. The number of rotatable bonds is 5. The molecule has 0 aliphatic rings. The van der Waals surface area contributed by atoms with Crippen molar-refractivity contribution in [3.8, 4) is 5.75 Å². The Labute approximate surface area is 118 Å². The molecule has 0 bridgehead atoms. The van der Waals surface area contributed by atoms with Gasteiger partial charge in [0.15, 0.2) is 5.78 Å². The molecule has 0 unspecified atom stereocenters. The lowest BCUT2D eigenvalue weighted by Crippen LogP contribution is -1.99. The fourth-order valence-electron chi connectivity index (χ4n) is 1.74. The van der Waals surface area contributed by atoms with Crippen LogP contribution in [0.3, 0.4) is 0 Å². The third-order valence-corrected chi connectivity index (χ3v) is 3.20. The SMILES string of the molecule is CCC(=O)c1cccc(OCc2ccccc2Cl)c1. The zero-order valence-electron chi connectivity index (χ0n) is 10.7. The summed E-state index contributed by atoms with van der Waals surface area (Å²) in [6, 6.07) is 14.8. The van der Waals surface area contributed by atoms with E-state index in [4.69, 9.17) is 16.3 Å².